The minimum Gasteiger partial charge on any atom is -0.494 e. The maximum atomic E-state index is 11.5. The molecule has 3 nitrogen and oxygen atoms in total. The molecule has 0 atom stereocenters. The van der Waals surface area contributed by atoms with Crippen LogP contribution in [0.5, 0.6) is 5.75 Å². The summed E-state index contributed by atoms with van der Waals surface area (Å²) < 4.78 is 10.4. The third kappa shape index (κ3) is 9.59. The Kier molecular flexibility index (Phi) is 11.9. The SMILES string of the molecule is CCCCCCCCCCCCCOc1cccc(C(=O)OC)c1. The smallest absolute Gasteiger partial charge is 0.337 e. The highest BCUT2D eigenvalue weighted by Crippen LogP contribution is 2.15. The van der Waals surface area contributed by atoms with E-state index in [1.54, 1.807) is 12.1 Å². The molecule has 0 amide bonds. The van der Waals surface area contributed by atoms with Crippen LogP contribution in [0.2, 0.25) is 0 Å². The van der Waals surface area contributed by atoms with Crippen LogP contribution in [0.15, 0.2) is 24.3 Å². The molecule has 0 N–H and O–H groups in total. The van der Waals surface area contributed by atoms with E-state index in [9.17, 15) is 4.79 Å². The Morgan fingerprint density at radius 2 is 1.46 bits per heavy atom. The average molecular weight is 335 g/mol. The van der Waals surface area contributed by atoms with Crippen LogP contribution in [0.4, 0.5) is 0 Å². The third-order valence-corrected chi connectivity index (χ3v) is 4.27. The first-order chi connectivity index (χ1) is 11.8. The zero-order chi connectivity index (χ0) is 17.5. The number of carbonyl (C=O) groups is 1. The molecule has 0 spiro atoms. The Balaban J connectivity index is 1.98. The summed E-state index contributed by atoms with van der Waals surface area (Å²) in [5.74, 6) is 0.417. The van der Waals surface area contributed by atoms with Gasteiger partial charge in [-0.2, -0.15) is 0 Å². The zero-order valence-corrected chi connectivity index (χ0v) is 15.5. The fraction of sp³-hybridized carbons (Fsp3) is 0.667. The molecule has 0 saturated heterocycles. The fourth-order valence-corrected chi connectivity index (χ4v) is 2.79. The van der Waals surface area contributed by atoms with Crippen LogP contribution in [0.1, 0.15) is 87.9 Å². The molecule has 0 aliphatic carbocycles. The number of hydrogen-bond donors (Lipinski definition) is 0. The second-order valence-corrected chi connectivity index (χ2v) is 6.40. The normalized spacial score (nSPS) is 10.6. The number of unbranched alkanes of at least 4 members (excludes halogenated alkanes) is 10. The summed E-state index contributed by atoms with van der Waals surface area (Å²) >= 11 is 0. The average Bonchev–Trinajstić information content (AvgIpc) is 2.62. The van der Waals surface area contributed by atoms with Crippen molar-refractivity contribution in [2.75, 3.05) is 13.7 Å². The number of esters is 1. The molecule has 24 heavy (non-hydrogen) atoms. The van der Waals surface area contributed by atoms with Gasteiger partial charge in [-0.15, -0.1) is 0 Å². The highest BCUT2D eigenvalue weighted by atomic mass is 16.5. The van der Waals surface area contributed by atoms with E-state index in [0.717, 1.165) is 12.2 Å². The molecule has 3 heteroatoms. The van der Waals surface area contributed by atoms with Crippen LogP contribution in [0, 0.1) is 0 Å². The number of carbonyl (C=O) groups excluding carboxylic acids is 1. The van der Waals surface area contributed by atoms with Crippen LogP contribution in [0.3, 0.4) is 0 Å². The van der Waals surface area contributed by atoms with Crippen LogP contribution < -0.4 is 4.74 Å². The summed E-state index contributed by atoms with van der Waals surface area (Å²) in [6, 6.07) is 7.18. The Hall–Kier alpha value is -1.51. The summed E-state index contributed by atoms with van der Waals surface area (Å²) in [7, 11) is 1.39. The summed E-state index contributed by atoms with van der Waals surface area (Å²) in [5.41, 5.74) is 0.536. The molecule has 0 fully saturated rings. The molecular weight excluding hydrogens is 300 g/mol. The van der Waals surface area contributed by atoms with Crippen molar-refractivity contribution in [1.29, 1.82) is 0 Å². The van der Waals surface area contributed by atoms with Gasteiger partial charge >= 0.3 is 5.97 Å². The number of ether oxygens (including phenoxy) is 2. The van der Waals surface area contributed by atoms with E-state index < -0.39 is 0 Å². The molecule has 1 rings (SSSR count). The second-order valence-electron chi connectivity index (χ2n) is 6.40. The molecule has 0 aliphatic rings. The van der Waals surface area contributed by atoms with Crippen LogP contribution in [-0.4, -0.2) is 19.7 Å². The highest BCUT2D eigenvalue weighted by molar-refractivity contribution is 5.89. The van der Waals surface area contributed by atoms with Gasteiger partial charge in [0.05, 0.1) is 19.3 Å². The van der Waals surface area contributed by atoms with Crippen LogP contribution >= 0.6 is 0 Å². The number of methoxy groups -OCH3 is 1. The van der Waals surface area contributed by atoms with E-state index in [0.29, 0.717) is 12.2 Å². The van der Waals surface area contributed by atoms with Gasteiger partial charge in [-0.1, -0.05) is 77.2 Å². The van der Waals surface area contributed by atoms with Crippen molar-refractivity contribution in [3.8, 4) is 5.75 Å². The van der Waals surface area contributed by atoms with Crippen LogP contribution in [-0.2, 0) is 4.74 Å². The van der Waals surface area contributed by atoms with Crippen molar-refractivity contribution < 1.29 is 14.3 Å². The minimum atomic E-state index is -0.324. The lowest BCUT2D eigenvalue weighted by molar-refractivity contribution is 0.0600. The predicted octanol–water partition coefficient (Wildman–Crippen LogP) is 6.16. The van der Waals surface area contributed by atoms with E-state index >= 15 is 0 Å². The monoisotopic (exact) mass is 334 g/mol. The van der Waals surface area contributed by atoms with Gasteiger partial charge in [0.25, 0.3) is 0 Å². The molecule has 0 saturated carbocycles. The second kappa shape index (κ2) is 13.9. The van der Waals surface area contributed by atoms with E-state index in [-0.39, 0.29) is 5.97 Å². The van der Waals surface area contributed by atoms with Gasteiger partial charge in [-0.05, 0) is 24.6 Å². The van der Waals surface area contributed by atoms with Crippen molar-refractivity contribution in [2.45, 2.75) is 77.6 Å². The van der Waals surface area contributed by atoms with Gasteiger partial charge in [0.2, 0.25) is 0 Å². The lowest BCUT2D eigenvalue weighted by Crippen LogP contribution is -2.02. The van der Waals surface area contributed by atoms with Crippen molar-refractivity contribution >= 4 is 5.97 Å². The molecule has 0 radical (unpaired) electrons. The van der Waals surface area contributed by atoms with E-state index in [2.05, 4.69) is 6.92 Å². The lowest BCUT2D eigenvalue weighted by atomic mass is 10.1. The molecule has 1 aromatic carbocycles. The lowest BCUT2D eigenvalue weighted by Gasteiger charge is -2.07. The first kappa shape index (κ1) is 20.5. The van der Waals surface area contributed by atoms with Gasteiger partial charge in [0.1, 0.15) is 5.75 Å². The molecular formula is C21H34O3. The predicted molar refractivity (Wildman–Crippen MR) is 99.7 cm³/mol. The standard InChI is InChI=1S/C21H34O3/c1-3-4-5-6-7-8-9-10-11-12-13-17-24-20-16-14-15-19(18-20)21(22)23-2/h14-16,18H,3-13,17H2,1-2H3. The van der Waals surface area contributed by atoms with Crippen molar-refractivity contribution in [2.24, 2.45) is 0 Å². The number of hydrogen-bond acceptors (Lipinski definition) is 3. The topological polar surface area (TPSA) is 35.5 Å². The van der Waals surface area contributed by atoms with Gasteiger partial charge in [0.15, 0.2) is 0 Å². The molecule has 0 aliphatic heterocycles. The highest BCUT2D eigenvalue weighted by Gasteiger charge is 2.05. The molecule has 0 heterocycles. The summed E-state index contributed by atoms with van der Waals surface area (Å²) in [6.07, 6.45) is 14.6. The van der Waals surface area contributed by atoms with Gasteiger partial charge in [-0.3, -0.25) is 0 Å². The fourth-order valence-electron chi connectivity index (χ4n) is 2.79. The molecule has 0 bridgehead atoms. The molecule has 0 unspecified atom stereocenters. The number of rotatable bonds is 14. The van der Waals surface area contributed by atoms with Gasteiger partial charge < -0.3 is 9.47 Å². The molecule has 1 aromatic rings. The summed E-state index contributed by atoms with van der Waals surface area (Å²) in [4.78, 5) is 11.5. The minimum absolute atomic E-state index is 0.324. The largest absolute Gasteiger partial charge is 0.494 e. The van der Waals surface area contributed by atoms with E-state index in [4.69, 9.17) is 9.47 Å². The number of benzene rings is 1. The first-order valence-electron chi connectivity index (χ1n) is 9.59. The van der Waals surface area contributed by atoms with E-state index in [1.165, 1.54) is 71.3 Å². The third-order valence-electron chi connectivity index (χ3n) is 4.27. The summed E-state index contributed by atoms with van der Waals surface area (Å²) in [6.45, 7) is 2.97. The Morgan fingerprint density at radius 3 is 2.04 bits per heavy atom. The maximum absolute atomic E-state index is 11.5. The van der Waals surface area contributed by atoms with Gasteiger partial charge in [-0.25, -0.2) is 4.79 Å². The quantitative estimate of drug-likeness (QED) is 0.302. The molecule has 136 valence electrons. The van der Waals surface area contributed by atoms with Gasteiger partial charge in [0, 0.05) is 0 Å². The van der Waals surface area contributed by atoms with Crippen molar-refractivity contribution in [1.82, 2.24) is 0 Å². The zero-order valence-electron chi connectivity index (χ0n) is 15.5. The Morgan fingerprint density at radius 1 is 0.875 bits per heavy atom. The summed E-state index contributed by atoms with van der Waals surface area (Å²) in [5, 5.41) is 0. The van der Waals surface area contributed by atoms with Crippen molar-refractivity contribution in [3.63, 3.8) is 0 Å². The maximum Gasteiger partial charge on any atom is 0.337 e. The Bertz CT molecular complexity index is 442. The van der Waals surface area contributed by atoms with Crippen LogP contribution in [0.25, 0.3) is 0 Å². The Labute approximate surface area is 147 Å². The first-order valence-corrected chi connectivity index (χ1v) is 9.59. The van der Waals surface area contributed by atoms with Crippen molar-refractivity contribution in [3.05, 3.63) is 29.8 Å². The molecule has 0 aromatic heterocycles. The van der Waals surface area contributed by atoms with E-state index in [1.807, 2.05) is 12.1 Å².